The van der Waals surface area contributed by atoms with E-state index in [-0.39, 0.29) is 11.5 Å². The highest BCUT2D eigenvalue weighted by molar-refractivity contribution is 7.33. The average molecular weight is 421 g/mol. The maximum Gasteiger partial charge on any atom is 0.279 e. The highest BCUT2D eigenvalue weighted by Crippen LogP contribution is 2.39. The van der Waals surface area contributed by atoms with Crippen LogP contribution in [0.25, 0.3) is 30.4 Å². The van der Waals surface area contributed by atoms with E-state index in [0.717, 1.165) is 9.40 Å². The molecule has 0 aliphatic carbocycles. The number of aromatic nitrogens is 2. The Kier molecular flexibility index (Phi) is 4.30. The first-order chi connectivity index (χ1) is 14.2. The standard InChI is InChI=1S/C21H16N4O2S2/c1-2-25-20(27)12-7-3-5-9-14(12)22-21(25)24-23-19(26)17-11-16-18(29-17)13-8-4-6-10-15(13)28-16/h3-11H,2H2,1H3,(H,22,24)(H,23,26). The number of amides is 1. The number of benzene rings is 2. The van der Waals surface area contributed by atoms with Crippen molar-refractivity contribution < 1.29 is 4.79 Å². The van der Waals surface area contributed by atoms with Gasteiger partial charge in [-0.1, -0.05) is 30.3 Å². The molecular weight excluding hydrogens is 404 g/mol. The molecule has 3 aromatic heterocycles. The van der Waals surface area contributed by atoms with Gasteiger partial charge < -0.3 is 0 Å². The number of nitrogens with one attached hydrogen (secondary N) is 2. The van der Waals surface area contributed by atoms with Crippen LogP contribution in [-0.2, 0) is 6.54 Å². The first kappa shape index (κ1) is 17.8. The smallest absolute Gasteiger partial charge is 0.277 e. The maximum atomic E-state index is 12.7. The first-order valence-electron chi connectivity index (χ1n) is 9.12. The van der Waals surface area contributed by atoms with Gasteiger partial charge in [0, 0.05) is 21.3 Å². The molecule has 144 valence electrons. The third kappa shape index (κ3) is 2.97. The molecule has 0 aliphatic heterocycles. The number of hydrogen-bond donors (Lipinski definition) is 2. The van der Waals surface area contributed by atoms with E-state index in [2.05, 4.69) is 28.0 Å². The van der Waals surface area contributed by atoms with E-state index in [9.17, 15) is 9.59 Å². The predicted molar refractivity (Wildman–Crippen MR) is 120 cm³/mol. The normalized spacial score (nSPS) is 11.3. The van der Waals surface area contributed by atoms with Crippen molar-refractivity contribution >= 4 is 64.9 Å². The van der Waals surface area contributed by atoms with Crippen LogP contribution >= 0.6 is 22.7 Å². The van der Waals surface area contributed by atoms with Gasteiger partial charge >= 0.3 is 0 Å². The van der Waals surface area contributed by atoms with E-state index in [1.54, 1.807) is 23.5 Å². The van der Waals surface area contributed by atoms with Gasteiger partial charge in [0.2, 0.25) is 5.95 Å². The van der Waals surface area contributed by atoms with E-state index in [1.165, 1.54) is 26.0 Å². The van der Waals surface area contributed by atoms with Gasteiger partial charge in [-0.3, -0.25) is 25.0 Å². The summed E-state index contributed by atoms with van der Waals surface area (Å²) < 4.78 is 4.93. The van der Waals surface area contributed by atoms with Crippen LogP contribution < -0.4 is 16.4 Å². The Morgan fingerprint density at radius 2 is 1.79 bits per heavy atom. The van der Waals surface area contributed by atoms with Crippen molar-refractivity contribution in [3.8, 4) is 0 Å². The molecular formula is C21H16N4O2S2. The number of para-hydroxylation sites is 1. The van der Waals surface area contributed by atoms with E-state index >= 15 is 0 Å². The number of carbonyl (C=O) groups excluding carboxylic acids is 1. The summed E-state index contributed by atoms with van der Waals surface area (Å²) in [5.41, 5.74) is 5.96. The van der Waals surface area contributed by atoms with Crippen LogP contribution in [0.5, 0.6) is 0 Å². The second-order valence-corrected chi connectivity index (χ2v) is 8.62. The summed E-state index contributed by atoms with van der Waals surface area (Å²) in [5.74, 6) is 0.0564. The zero-order chi connectivity index (χ0) is 20.0. The molecule has 2 N–H and O–H groups in total. The highest BCUT2D eigenvalue weighted by Gasteiger charge is 2.15. The Morgan fingerprint density at radius 1 is 1.03 bits per heavy atom. The van der Waals surface area contributed by atoms with Crippen molar-refractivity contribution in [1.82, 2.24) is 15.0 Å². The number of fused-ring (bicyclic) bond motifs is 4. The highest BCUT2D eigenvalue weighted by atomic mass is 32.1. The summed E-state index contributed by atoms with van der Waals surface area (Å²) >= 11 is 3.14. The van der Waals surface area contributed by atoms with Crippen LogP contribution in [-0.4, -0.2) is 15.5 Å². The third-order valence-corrected chi connectivity index (χ3v) is 7.15. The molecule has 2 aromatic carbocycles. The minimum Gasteiger partial charge on any atom is -0.277 e. The largest absolute Gasteiger partial charge is 0.279 e. The van der Waals surface area contributed by atoms with Crippen LogP contribution in [0.3, 0.4) is 0 Å². The van der Waals surface area contributed by atoms with Gasteiger partial charge in [-0.25, -0.2) is 4.98 Å². The van der Waals surface area contributed by atoms with Gasteiger partial charge in [0.25, 0.3) is 11.5 Å². The molecule has 0 atom stereocenters. The fourth-order valence-corrected chi connectivity index (χ4v) is 5.76. The van der Waals surface area contributed by atoms with Gasteiger partial charge in [0.15, 0.2) is 0 Å². The van der Waals surface area contributed by atoms with Crippen molar-refractivity contribution in [3.05, 3.63) is 69.8 Å². The van der Waals surface area contributed by atoms with Crippen molar-refractivity contribution in [2.24, 2.45) is 0 Å². The molecule has 29 heavy (non-hydrogen) atoms. The molecule has 0 saturated carbocycles. The summed E-state index contributed by atoms with van der Waals surface area (Å²) in [4.78, 5) is 30.5. The Bertz CT molecular complexity index is 1450. The summed E-state index contributed by atoms with van der Waals surface area (Å²) in [5, 5.41) is 1.72. The summed E-state index contributed by atoms with van der Waals surface area (Å²) in [7, 11) is 0. The lowest BCUT2D eigenvalue weighted by Crippen LogP contribution is -2.34. The maximum absolute atomic E-state index is 12.7. The molecule has 0 spiro atoms. The van der Waals surface area contributed by atoms with Crippen LogP contribution in [0.4, 0.5) is 5.95 Å². The van der Waals surface area contributed by atoms with E-state index in [1.807, 2.05) is 37.3 Å². The van der Waals surface area contributed by atoms with Crippen LogP contribution in [0, 0.1) is 0 Å². The molecule has 5 rings (SSSR count). The van der Waals surface area contributed by atoms with Gasteiger partial charge in [0.05, 0.1) is 20.5 Å². The Morgan fingerprint density at radius 3 is 2.62 bits per heavy atom. The summed E-state index contributed by atoms with van der Waals surface area (Å²) in [6, 6.07) is 17.3. The van der Waals surface area contributed by atoms with Gasteiger partial charge in [-0.2, -0.15) is 0 Å². The molecule has 8 heteroatoms. The minimum absolute atomic E-state index is 0.141. The Balaban J connectivity index is 1.44. The Labute approximate surface area is 173 Å². The monoisotopic (exact) mass is 420 g/mol. The number of carbonyl (C=O) groups is 1. The zero-order valence-electron chi connectivity index (χ0n) is 15.4. The Hall–Kier alpha value is -3.23. The van der Waals surface area contributed by atoms with Crippen molar-refractivity contribution in [2.75, 3.05) is 5.43 Å². The number of rotatable bonds is 4. The van der Waals surface area contributed by atoms with Crippen LogP contribution in [0.1, 0.15) is 16.6 Å². The third-order valence-electron chi connectivity index (χ3n) is 4.74. The van der Waals surface area contributed by atoms with E-state index in [0.29, 0.717) is 28.3 Å². The second kappa shape index (κ2) is 6.98. The average Bonchev–Trinajstić information content (AvgIpc) is 3.30. The summed E-state index contributed by atoms with van der Waals surface area (Å²) in [6.07, 6.45) is 0. The molecule has 0 saturated heterocycles. The van der Waals surface area contributed by atoms with E-state index < -0.39 is 0 Å². The van der Waals surface area contributed by atoms with Gasteiger partial charge in [-0.05, 0) is 31.2 Å². The minimum atomic E-state index is -0.257. The van der Waals surface area contributed by atoms with E-state index in [4.69, 9.17) is 0 Å². The molecule has 0 radical (unpaired) electrons. The SMILES string of the molecule is CCn1c(NNC(=O)c2cc3sc4ccccc4c3s2)nc2ccccc2c1=O. The van der Waals surface area contributed by atoms with Crippen LogP contribution in [0.15, 0.2) is 59.4 Å². The quantitative estimate of drug-likeness (QED) is 0.417. The molecule has 1 amide bonds. The van der Waals surface area contributed by atoms with Gasteiger partial charge in [0.1, 0.15) is 0 Å². The molecule has 6 nitrogen and oxygen atoms in total. The molecule has 0 unspecified atom stereocenters. The lowest BCUT2D eigenvalue weighted by Gasteiger charge is -2.13. The number of hydrazine groups is 1. The number of hydrogen-bond acceptors (Lipinski definition) is 6. The number of nitrogens with zero attached hydrogens (tertiary/aromatic N) is 2. The fraction of sp³-hybridized carbons (Fsp3) is 0.0952. The van der Waals surface area contributed by atoms with Crippen molar-refractivity contribution in [1.29, 1.82) is 0 Å². The number of anilines is 1. The predicted octanol–water partition coefficient (Wildman–Crippen LogP) is 4.60. The molecule has 5 aromatic rings. The molecule has 3 heterocycles. The lowest BCUT2D eigenvalue weighted by molar-refractivity contribution is 0.0966. The second-order valence-electron chi connectivity index (χ2n) is 6.48. The van der Waals surface area contributed by atoms with Crippen LogP contribution in [0.2, 0.25) is 0 Å². The van der Waals surface area contributed by atoms with Crippen molar-refractivity contribution in [3.63, 3.8) is 0 Å². The molecule has 0 bridgehead atoms. The van der Waals surface area contributed by atoms with Crippen molar-refractivity contribution in [2.45, 2.75) is 13.5 Å². The fourth-order valence-electron chi connectivity index (χ4n) is 3.34. The molecule has 0 fully saturated rings. The molecule has 0 aliphatic rings. The van der Waals surface area contributed by atoms with Gasteiger partial charge in [-0.15, -0.1) is 22.7 Å². The summed E-state index contributed by atoms with van der Waals surface area (Å²) in [6.45, 7) is 2.30. The lowest BCUT2D eigenvalue weighted by atomic mass is 10.2. The topological polar surface area (TPSA) is 76.0 Å². The zero-order valence-corrected chi connectivity index (χ0v) is 17.1. The number of thiophene rings is 2. The first-order valence-corrected chi connectivity index (χ1v) is 10.8.